The predicted molar refractivity (Wildman–Crippen MR) is 90.2 cm³/mol. The van der Waals surface area contributed by atoms with E-state index in [0.717, 1.165) is 0 Å². The molecule has 0 spiro atoms. The minimum absolute atomic E-state index is 0.213. The Kier molecular flexibility index (Phi) is 4.22. The molecule has 5 nitrogen and oxygen atoms in total. The van der Waals surface area contributed by atoms with E-state index >= 15 is 0 Å². The van der Waals surface area contributed by atoms with Gasteiger partial charge in [0, 0.05) is 5.56 Å². The van der Waals surface area contributed by atoms with Crippen LogP contribution < -0.4 is 5.32 Å². The highest BCUT2D eigenvalue weighted by Crippen LogP contribution is 2.23. The van der Waals surface area contributed by atoms with Crippen molar-refractivity contribution in [1.29, 1.82) is 0 Å². The molecule has 0 saturated carbocycles. The summed E-state index contributed by atoms with van der Waals surface area (Å²) < 4.78 is 11.0. The largest absolute Gasteiger partial charge is 0.459 e. The average molecular weight is 338 g/mol. The van der Waals surface area contributed by atoms with E-state index in [2.05, 4.69) is 57.3 Å². The molecular formula is C18H16N3O2S+. The number of nitrogens with zero attached hydrogens (tertiary/aromatic N) is 2. The van der Waals surface area contributed by atoms with Gasteiger partial charge < -0.3 is 14.2 Å². The maximum absolute atomic E-state index is 5.69. The first-order valence-electron chi connectivity index (χ1n) is 7.68. The van der Waals surface area contributed by atoms with Gasteiger partial charge in [-0.2, -0.15) is 0 Å². The van der Waals surface area contributed by atoms with Gasteiger partial charge in [0.15, 0.2) is 12.3 Å². The van der Waals surface area contributed by atoms with Crippen LogP contribution >= 0.6 is 11.3 Å². The summed E-state index contributed by atoms with van der Waals surface area (Å²) in [5, 5.41) is 12.5. The fourth-order valence-corrected chi connectivity index (χ4v) is 3.45. The average Bonchev–Trinajstić information content (AvgIpc) is 3.38. The van der Waals surface area contributed by atoms with Crippen LogP contribution in [0.3, 0.4) is 0 Å². The van der Waals surface area contributed by atoms with Gasteiger partial charge in [-0.3, -0.25) is 0 Å². The van der Waals surface area contributed by atoms with Crippen LogP contribution in [0.15, 0.2) is 75.1 Å². The molecule has 0 bridgehead atoms. The quantitative estimate of drug-likeness (QED) is 0.586. The van der Waals surface area contributed by atoms with Crippen molar-refractivity contribution in [2.45, 2.75) is 12.6 Å². The van der Waals surface area contributed by atoms with Gasteiger partial charge in [-0.15, -0.1) is 21.5 Å². The molecule has 24 heavy (non-hydrogen) atoms. The molecule has 1 atom stereocenters. The number of thiophene rings is 1. The van der Waals surface area contributed by atoms with Gasteiger partial charge in [-0.05, 0) is 23.6 Å². The van der Waals surface area contributed by atoms with Crippen molar-refractivity contribution >= 4 is 11.3 Å². The van der Waals surface area contributed by atoms with Crippen molar-refractivity contribution < 1.29 is 14.2 Å². The van der Waals surface area contributed by atoms with Crippen molar-refractivity contribution in [3.63, 3.8) is 0 Å². The molecule has 0 aliphatic carbocycles. The Labute approximate surface area is 143 Å². The van der Waals surface area contributed by atoms with Gasteiger partial charge in [-0.25, -0.2) is 0 Å². The number of nitrogens with two attached hydrogens (primary N) is 1. The van der Waals surface area contributed by atoms with Gasteiger partial charge in [0.25, 0.3) is 11.8 Å². The highest BCUT2D eigenvalue weighted by molar-refractivity contribution is 7.10. The summed E-state index contributed by atoms with van der Waals surface area (Å²) in [7, 11) is 0. The second-order valence-corrected chi connectivity index (χ2v) is 6.30. The highest BCUT2D eigenvalue weighted by Gasteiger charge is 2.20. The molecule has 6 heteroatoms. The molecule has 3 heterocycles. The maximum atomic E-state index is 5.69. The Morgan fingerprint density at radius 1 is 1.00 bits per heavy atom. The lowest BCUT2D eigenvalue weighted by Gasteiger charge is -2.13. The molecule has 0 aliphatic heterocycles. The molecule has 0 aliphatic rings. The first kappa shape index (κ1) is 14.9. The molecule has 0 amide bonds. The summed E-state index contributed by atoms with van der Waals surface area (Å²) in [4.78, 5) is 1.30. The minimum atomic E-state index is 0.213. The minimum Gasteiger partial charge on any atom is -0.459 e. The molecule has 1 aromatic carbocycles. The maximum Gasteiger partial charge on any atom is 0.283 e. The Balaban J connectivity index is 1.52. The lowest BCUT2D eigenvalue weighted by atomic mass is 10.1. The molecule has 0 fully saturated rings. The number of quaternary nitrogens is 1. The van der Waals surface area contributed by atoms with Gasteiger partial charge in [-0.1, -0.05) is 36.4 Å². The third-order valence-corrected chi connectivity index (χ3v) is 4.69. The SMILES string of the molecule is c1ccc([C@@H]([NH2+]Cc2nnc(-c3ccco3)o2)c2cccs2)cc1. The van der Waals surface area contributed by atoms with Gasteiger partial charge in [0.2, 0.25) is 0 Å². The van der Waals surface area contributed by atoms with E-state index in [9.17, 15) is 0 Å². The van der Waals surface area contributed by atoms with Crippen molar-refractivity contribution in [3.8, 4) is 11.7 Å². The van der Waals surface area contributed by atoms with Crippen LogP contribution in [0.4, 0.5) is 0 Å². The van der Waals surface area contributed by atoms with Gasteiger partial charge in [0.05, 0.1) is 11.1 Å². The number of aromatic nitrogens is 2. The molecule has 0 radical (unpaired) electrons. The van der Waals surface area contributed by atoms with E-state index in [4.69, 9.17) is 8.83 Å². The Morgan fingerprint density at radius 3 is 2.67 bits per heavy atom. The third kappa shape index (κ3) is 3.15. The third-order valence-electron chi connectivity index (χ3n) is 3.74. The van der Waals surface area contributed by atoms with Gasteiger partial charge >= 0.3 is 0 Å². The molecule has 4 aromatic rings. The van der Waals surface area contributed by atoms with E-state index in [1.54, 1.807) is 29.7 Å². The first-order valence-corrected chi connectivity index (χ1v) is 8.56. The second-order valence-electron chi connectivity index (χ2n) is 5.32. The summed E-state index contributed by atoms with van der Waals surface area (Å²) in [6.45, 7) is 0.602. The molecule has 3 aromatic heterocycles. The Bertz CT molecular complexity index is 870. The molecule has 0 unspecified atom stereocenters. The number of rotatable bonds is 6. The highest BCUT2D eigenvalue weighted by atomic mass is 32.1. The van der Waals surface area contributed by atoms with Crippen LogP contribution in [0.5, 0.6) is 0 Å². The van der Waals surface area contributed by atoms with Gasteiger partial charge in [0.1, 0.15) is 6.04 Å². The van der Waals surface area contributed by atoms with E-state index in [0.29, 0.717) is 24.1 Å². The number of hydrogen-bond donors (Lipinski definition) is 1. The van der Waals surface area contributed by atoms with Crippen LogP contribution in [0.25, 0.3) is 11.7 Å². The first-order chi connectivity index (χ1) is 11.9. The standard InChI is InChI=1S/C18H15N3O2S/c1-2-6-13(7-3-1)17(15-9-5-11-24-15)19-12-16-20-21-18(23-16)14-8-4-10-22-14/h1-11,17,19H,12H2/p+1/t17-/m1/s1. The molecule has 4 rings (SSSR count). The normalized spacial score (nSPS) is 12.3. The van der Waals surface area contributed by atoms with Crippen LogP contribution in [0, 0.1) is 0 Å². The zero-order valence-electron chi connectivity index (χ0n) is 12.8. The summed E-state index contributed by atoms with van der Waals surface area (Å²) in [6, 6.07) is 18.5. The summed E-state index contributed by atoms with van der Waals surface area (Å²) >= 11 is 1.75. The molecule has 0 saturated heterocycles. The predicted octanol–water partition coefficient (Wildman–Crippen LogP) is 3.24. The zero-order chi connectivity index (χ0) is 16.2. The van der Waals surface area contributed by atoms with Crippen molar-refractivity contribution in [2.24, 2.45) is 0 Å². The number of furan rings is 1. The number of benzene rings is 1. The van der Waals surface area contributed by atoms with E-state index in [-0.39, 0.29) is 6.04 Å². The van der Waals surface area contributed by atoms with Crippen LogP contribution in [0.2, 0.25) is 0 Å². The van der Waals surface area contributed by atoms with E-state index < -0.39 is 0 Å². The number of hydrogen-bond acceptors (Lipinski definition) is 5. The summed E-state index contributed by atoms with van der Waals surface area (Å²) in [5.74, 6) is 1.58. The second kappa shape index (κ2) is 6.82. The molecule has 120 valence electrons. The van der Waals surface area contributed by atoms with E-state index in [1.165, 1.54) is 10.4 Å². The van der Waals surface area contributed by atoms with Crippen LogP contribution in [-0.2, 0) is 6.54 Å². The monoisotopic (exact) mass is 338 g/mol. The molecule has 2 N–H and O–H groups in total. The van der Waals surface area contributed by atoms with Crippen molar-refractivity contribution in [2.75, 3.05) is 0 Å². The fourth-order valence-electron chi connectivity index (χ4n) is 2.60. The summed E-state index contributed by atoms with van der Waals surface area (Å²) in [6.07, 6.45) is 1.59. The van der Waals surface area contributed by atoms with Crippen molar-refractivity contribution in [1.82, 2.24) is 10.2 Å². The van der Waals surface area contributed by atoms with Crippen LogP contribution in [0.1, 0.15) is 22.4 Å². The topological polar surface area (TPSA) is 68.7 Å². The van der Waals surface area contributed by atoms with Crippen LogP contribution in [-0.4, -0.2) is 10.2 Å². The Morgan fingerprint density at radius 2 is 1.92 bits per heavy atom. The fraction of sp³-hybridized carbons (Fsp3) is 0.111. The lowest BCUT2D eigenvalue weighted by molar-refractivity contribution is -0.703. The Hall–Kier alpha value is -2.70. The zero-order valence-corrected chi connectivity index (χ0v) is 13.6. The smallest absolute Gasteiger partial charge is 0.283 e. The van der Waals surface area contributed by atoms with Crippen molar-refractivity contribution in [3.05, 3.63) is 82.6 Å². The molecular weight excluding hydrogens is 322 g/mol. The lowest BCUT2D eigenvalue weighted by Crippen LogP contribution is -2.83. The summed E-state index contributed by atoms with van der Waals surface area (Å²) in [5.41, 5.74) is 1.26. The van der Waals surface area contributed by atoms with E-state index in [1.807, 2.05) is 6.07 Å².